The standard InChI is InChI=1S/C21H24BrNO4/c1-15(27-14-16-4-3-5-19(12-16)25-2)21(24)23-10-11-26-20(13-23)17-6-8-18(22)9-7-17/h3-9,12,15,20H,10-11,13-14H2,1-2H3. The first-order chi connectivity index (χ1) is 13.1. The number of ether oxygens (including phenoxy) is 3. The molecule has 2 atom stereocenters. The molecule has 1 saturated heterocycles. The number of hydrogen-bond donors (Lipinski definition) is 0. The Morgan fingerprint density at radius 2 is 2.07 bits per heavy atom. The molecular weight excluding hydrogens is 410 g/mol. The van der Waals surface area contributed by atoms with E-state index in [1.165, 1.54) is 0 Å². The molecule has 0 radical (unpaired) electrons. The molecule has 0 aromatic heterocycles. The van der Waals surface area contributed by atoms with Crippen molar-refractivity contribution in [3.63, 3.8) is 0 Å². The van der Waals surface area contributed by atoms with Gasteiger partial charge in [-0.25, -0.2) is 0 Å². The lowest BCUT2D eigenvalue weighted by Gasteiger charge is -2.34. The molecule has 0 N–H and O–H groups in total. The summed E-state index contributed by atoms with van der Waals surface area (Å²) in [7, 11) is 1.63. The highest BCUT2D eigenvalue weighted by molar-refractivity contribution is 9.10. The summed E-state index contributed by atoms with van der Waals surface area (Å²) < 4.78 is 17.9. The van der Waals surface area contributed by atoms with Gasteiger partial charge in [0.2, 0.25) is 0 Å². The summed E-state index contributed by atoms with van der Waals surface area (Å²) in [6, 6.07) is 15.7. The fraction of sp³-hybridized carbons (Fsp3) is 0.381. The Morgan fingerprint density at radius 3 is 2.81 bits per heavy atom. The number of hydrogen-bond acceptors (Lipinski definition) is 4. The fourth-order valence-electron chi connectivity index (χ4n) is 3.04. The van der Waals surface area contributed by atoms with E-state index in [1.54, 1.807) is 14.0 Å². The first-order valence-electron chi connectivity index (χ1n) is 8.97. The third-order valence-electron chi connectivity index (χ3n) is 4.60. The molecule has 27 heavy (non-hydrogen) atoms. The van der Waals surface area contributed by atoms with Crippen LogP contribution in [0.1, 0.15) is 24.2 Å². The first kappa shape index (κ1) is 19.9. The Bertz CT molecular complexity index is 765. The van der Waals surface area contributed by atoms with Gasteiger partial charge >= 0.3 is 0 Å². The van der Waals surface area contributed by atoms with E-state index in [0.717, 1.165) is 21.3 Å². The van der Waals surface area contributed by atoms with E-state index in [9.17, 15) is 4.79 Å². The van der Waals surface area contributed by atoms with Gasteiger partial charge in [-0.2, -0.15) is 0 Å². The molecule has 5 nitrogen and oxygen atoms in total. The van der Waals surface area contributed by atoms with Crippen molar-refractivity contribution in [3.05, 3.63) is 64.1 Å². The van der Waals surface area contributed by atoms with Crippen LogP contribution in [0.25, 0.3) is 0 Å². The fourth-order valence-corrected chi connectivity index (χ4v) is 3.30. The second-order valence-electron chi connectivity index (χ2n) is 6.50. The lowest BCUT2D eigenvalue weighted by Crippen LogP contribution is -2.46. The van der Waals surface area contributed by atoms with Gasteiger partial charge < -0.3 is 19.1 Å². The normalized spacial score (nSPS) is 18.2. The Hall–Kier alpha value is -1.89. The Labute approximate surface area is 168 Å². The summed E-state index contributed by atoms with van der Waals surface area (Å²) in [6.07, 6.45) is -0.624. The topological polar surface area (TPSA) is 48.0 Å². The highest BCUT2D eigenvalue weighted by Crippen LogP contribution is 2.24. The maximum absolute atomic E-state index is 12.8. The van der Waals surface area contributed by atoms with Crippen LogP contribution >= 0.6 is 15.9 Å². The number of amides is 1. The second kappa shape index (κ2) is 9.35. The van der Waals surface area contributed by atoms with Crippen LogP contribution in [0.15, 0.2) is 53.0 Å². The van der Waals surface area contributed by atoms with Crippen LogP contribution in [0.5, 0.6) is 5.75 Å². The number of benzene rings is 2. The van der Waals surface area contributed by atoms with Crippen molar-refractivity contribution in [2.24, 2.45) is 0 Å². The summed E-state index contributed by atoms with van der Waals surface area (Å²) in [4.78, 5) is 14.6. The van der Waals surface area contributed by atoms with Crippen LogP contribution in [0.2, 0.25) is 0 Å². The zero-order valence-corrected chi connectivity index (χ0v) is 17.1. The van der Waals surface area contributed by atoms with Gasteiger partial charge in [0.05, 0.1) is 26.9 Å². The smallest absolute Gasteiger partial charge is 0.251 e. The molecule has 0 bridgehead atoms. The molecule has 1 fully saturated rings. The Balaban J connectivity index is 1.56. The van der Waals surface area contributed by atoms with Gasteiger partial charge in [-0.15, -0.1) is 0 Å². The highest BCUT2D eigenvalue weighted by atomic mass is 79.9. The van der Waals surface area contributed by atoms with Crippen LogP contribution in [0.4, 0.5) is 0 Å². The summed E-state index contributed by atoms with van der Waals surface area (Å²) in [5, 5.41) is 0. The molecule has 0 spiro atoms. The summed E-state index contributed by atoms with van der Waals surface area (Å²) in [5.41, 5.74) is 2.05. The van der Waals surface area contributed by atoms with Gasteiger partial charge in [-0.3, -0.25) is 4.79 Å². The maximum Gasteiger partial charge on any atom is 0.251 e. The monoisotopic (exact) mass is 433 g/mol. The first-order valence-corrected chi connectivity index (χ1v) is 9.76. The predicted octanol–water partition coefficient (Wildman–Crippen LogP) is 3.96. The Kier molecular flexibility index (Phi) is 6.88. The summed E-state index contributed by atoms with van der Waals surface area (Å²) >= 11 is 3.44. The third kappa shape index (κ3) is 5.31. The molecule has 1 heterocycles. The lowest BCUT2D eigenvalue weighted by atomic mass is 10.1. The van der Waals surface area contributed by atoms with E-state index in [2.05, 4.69) is 15.9 Å². The summed E-state index contributed by atoms with van der Waals surface area (Å²) in [6.45, 7) is 3.80. The highest BCUT2D eigenvalue weighted by Gasteiger charge is 2.28. The van der Waals surface area contributed by atoms with Gasteiger partial charge in [-0.1, -0.05) is 40.2 Å². The van der Waals surface area contributed by atoms with Crippen LogP contribution in [0, 0.1) is 0 Å². The van der Waals surface area contributed by atoms with E-state index >= 15 is 0 Å². The minimum absolute atomic E-state index is 0.0108. The van der Waals surface area contributed by atoms with E-state index in [4.69, 9.17) is 14.2 Å². The molecular formula is C21H24BrNO4. The van der Waals surface area contributed by atoms with Gasteiger partial charge in [0.1, 0.15) is 18.0 Å². The molecule has 2 aromatic carbocycles. The van der Waals surface area contributed by atoms with Crippen LogP contribution < -0.4 is 4.74 Å². The molecule has 1 aliphatic heterocycles. The number of morpholine rings is 1. The average Bonchev–Trinajstić information content (AvgIpc) is 2.72. The van der Waals surface area contributed by atoms with Gasteiger partial charge in [0.15, 0.2) is 0 Å². The summed E-state index contributed by atoms with van der Waals surface area (Å²) in [5.74, 6) is 0.768. The molecule has 1 amide bonds. The van der Waals surface area contributed by atoms with Crippen molar-refractivity contribution < 1.29 is 19.0 Å². The van der Waals surface area contributed by atoms with Crippen molar-refractivity contribution in [2.75, 3.05) is 26.8 Å². The van der Waals surface area contributed by atoms with Crippen molar-refractivity contribution in [2.45, 2.75) is 25.7 Å². The minimum atomic E-state index is -0.514. The number of halogens is 1. The van der Waals surface area contributed by atoms with Gasteiger partial charge in [0.25, 0.3) is 5.91 Å². The Morgan fingerprint density at radius 1 is 1.30 bits per heavy atom. The molecule has 2 unspecified atom stereocenters. The quantitative estimate of drug-likeness (QED) is 0.691. The molecule has 3 rings (SSSR count). The van der Waals surface area contributed by atoms with Crippen LogP contribution in [-0.2, 0) is 20.9 Å². The number of carbonyl (C=O) groups excluding carboxylic acids is 1. The van der Waals surface area contributed by atoms with Gasteiger partial charge in [-0.05, 0) is 42.3 Å². The van der Waals surface area contributed by atoms with Crippen molar-refractivity contribution in [1.82, 2.24) is 4.90 Å². The number of methoxy groups -OCH3 is 1. The van der Waals surface area contributed by atoms with E-state index in [0.29, 0.717) is 26.3 Å². The molecule has 0 aliphatic carbocycles. The molecule has 1 aliphatic rings. The van der Waals surface area contributed by atoms with Gasteiger partial charge in [0, 0.05) is 11.0 Å². The lowest BCUT2D eigenvalue weighted by molar-refractivity contribution is -0.151. The molecule has 144 valence electrons. The second-order valence-corrected chi connectivity index (χ2v) is 7.42. The largest absolute Gasteiger partial charge is 0.497 e. The third-order valence-corrected chi connectivity index (χ3v) is 5.13. The number of carbonyl (C=O) groups is 1. The minimum Gasteiger partial charge on any atom is -0.497 e. The van der Waals surface area contributed by atoms with E-state index in [1.807, 2.05) is 53.4 Å². The number of nitrogens with zero attached hydrogens (tertiary/aromatic N) is 1. The van der Waals surface area contributed by atoms with Crippen LogP contribution in [-0.4, -0.2) is 43.7 Å². The predicted molar refractivity (Wildman–Crippen MR) is 107 cm³/mol. The SMILES string of the molecule is COc1cccc(COC(C)C(=O)N2CCOC(c3ccc(Br)cc3)C2)c1. The molecule has 6 heteroatoms. The van der Waals surface area contributed by atoms with Crippen molar-refractivity contribution in [1.29, 1.82) is 0 Å². The number of rotatable bonds is 6. The van der Waals surface area contributed by atoms with Crippen molar-refractivity contribution >= 4 is 21.8 Å². The van der Waals surface area contributed by atoms with E-state index in [-0.39, 0.29) is 12.0 Å². The zero-order chi connectivity index (χ0) is 19.2. The maximum atomic E-state index is 12.8. The zero-order valence-electron chi connectivity index (χ0n) is 15.6. The van der Waals surface area contributed by atoms with Crippen molar-refractivity contribution in [3.8, 4) is 5.75 Å². The van der Waals surface area contributed by atoms with E-state index < -0.39 is 6.10 Å². The molecule has 0 saturated carbocycles. The average molecular weight is 434 g/mol. The molecule has 2 aromatic rings. The van der Waals surface area contributed by atoms with Crippen LogP contribution in [0.3, 0.4) is 0 Å².